The lowest BCUT2D eigenvalue weighted by molar-refractivity contribution is -0.137. The highest BCUT2D eigenvalue weighted by atomic mass is 19.4. The first-order valence-corrected chi connectivity index (χ1v) is 10.8. The molecule has 1 saturated heterocycles. The molecule has 0 unspecified atom stereocenters. The molecule has 2 aromatic carbocycles. The summed E-state index contributed by atoms with van der Waals surface area (Å²) in [5, 5.41) is 3.05. The van der Waals surface area contributed by atoms with Gasteiger partial charge in [0, 0.05) is 24.4 Å². The zero-order valence-electron chi connectivity index (χ0n) is 18.1. The Bertz CT molecular complexity index is 1210. The first-order valence-electron chi connectivity index (χ1n) is 10.8. The van der Waals surface area contributed by atoms with Gasteiger partial charge in [0.1, 0.15) is 17.1 Å². The largest absolute Gasteiger partial charge is 0.481 e. The van der Waals surface area contributed by atoms with E-state index in [0.717, 1.165) is 11.5 Å². The Morgan fingerprint density at radius 3 is 2.50 bits per heavy atom. The molecule has 0 aliphatic carbocycles. The number of nitrogens with one attached hydrogen (secondary N) is 1. The maximum absolute atomic E-state index is 13.2. The Morgan fingerprint density at radius 2 is 1.79 bits per heavy atom. The van der Waals surface area contributed by atoms with E-state index in [0.29, 0.717) is 43.0 Å². The number of hydrogen-bond acceptors (Lipinski definition) is 5. The van der Waals surface area contributed by atoms with Crippen molar-refractivity contribution in [3.63, 3.8) is 0 Å². The molecule has 2 heterocycles. The van der Waals surface area contributed by atoms with E-state index in [9.17, 15) is 22.8 Å². The van der Waals surface area contributed by atoms with Crippen LogP contribution in [0, 0.1) is 5.92 Å². The predicted octanol–water partition coefficient (Wildman–Crippen LogP) is 3.97. The number of primary amides is 1. The van der Waals surface area contributed by atoms with Gasteiger partial charge in [-0.25, -0.2) is 4.98 Å². The monoisotopic (exact) mass is 472 g/mol. The van der Waals surface area contributed by atoms with Crippen LogP contribution in [0.25, 0.3) is 10.9 Å². The van der Waals surface area contributed by atoms with E-state index in [4.69, 9.17) is 10.5 Å². The zero-order chi connectivity index (χ0) is 24.3. The second kappa shape index (κ2) is 9.58. The lowest BCUT2D eigenvalue weighted by Gasteiger charge is -2.31. The summed E-state index contributed by atoms with van der Waals surface area (Å²) in [6.07, 6.45) is -3.30. The van der Waals surface area contributed by atoms with Gasteiger partial charge in [-0.2, -0.15) is 13.2 Å². The van der Waals surface area contributed by atoms with Crippen molar-refractivity contribution in [2.75, 3.05) is 29.9 Å². The normalized spacial score (nSPS) is 14.7. The van der Waals surface area contributed by atoms with Crippen LogP contribution in [0.4, 0.5) is 24.7 Å². The molecule has 3 N–H and O–H groups in total. The number of hydrogen-bond donors (Lipinski definition) is 2. The van der Waals surface area contributed by atoms with Gasteiger partial charge in [-0.3, -0.25) is 9.59 Å². The van der Waals surface area contributed by atoms with E-state index in [-0.39, 0.29) is 17.5 Å². The third-order valence-electron chi connectivity index (χ3n) is 5.76. The van der Waals surface area contributed by atoms with Gasteiger partial charge < -0.3 is 20.7 Å². The average Bonchev–Trinajstić information content (AvgIpc) is 2.82. The fourth-order valence-electron chi connectivity index (χ4n) is 3.96. The lowest BCUT2D eigenvalue weighted by Crippen LogP contribution is -2.38. The Kier molecular flexibility index (Phi) is 6.58. The van der Waals surface area contributed by atoms with Crippen molar-refractivity contribution < 1.29 is 27.5 Å². The molecule has 34 heavy (non-hydrogen) atoms. The van der Waals surface area contributed by atoms with Crippen molar-refractivity contribution in [1.82, 2.24) is 4.98 Å². The number of pyridine rings is 1. The van der Waals surface area contributed by atoms with Crippen LogP contribution in [0.3, 0.4) is 0 Å². The second-order valence-corrected chi connectivity index (χ2v) is 8.04. The number of piperidine rings is 1. The number of ether oxygens (including phenoxy) is 1. The highest BCUT2D eigenvalue weighted by Gasteiger charge is 2.33. The van der Waals surface area contributed by atoms with E-state index in [1.165, 1.54) is 18.2 Å². The first-order chi connectivity index (χ1) is 16.2. The molecule has 1 aromatic heterocycles. The number of alkyl halides is 3. The smallest absolute Gasteiger partial charge is 0.418 e. The molecular formula is C24H23F3N4O3. The van der Waals surface area contributed by atoms with Crippen LogP contribution in [0.2, 0.25) is 0 Å². The number of halogens is 3. The number of carbonyl (C=O) groups excluding carboxylic acids is 2. The first kappa shape index (κ1) is 23.3. The molecule has 0 atom stereocenters. The van der Waals surface area contributed by atoms with E-state index >= 15 is 0 Å². The molecule has 10 heteroatoms. The Hall–Kier alpha value is -3.82. The fourth-order valence-corrected chi connectivity index (χ4v) is 3.96. The molecule has 0 saturated carbocycles. The van der Waals surface area contributed by atoms with Gasteiger partial charge in [-0.1, -0.05) is 24.3 Å². The minimum absolute atomic E-state index is 0.142. The molecule has 1 aliphatic heterocycles. The number of carbonyl (C=O) groups is 2. The standard InChI is InChI=1S/C24H23F3N4O3/c25-24(26,27)17-5-1-2-6-18(17)29-21(32)14-34-19-7-3-4-15-8-9-20(30-22(15)19)31-12-10-16(11-13-31)23(28)33/h1-9,16H,10-14H2,(H2,28,33)(H,29,32). The Labute approximate surface area is 193 Å². The summed E-state index contributed by atoms with van der Waals surface area (Å²) in [6, 6.07) is 13.7. The number of fused-ring (bicyclic) bond motifs is 1. The van der Waals surface area contributed by atoms with Gasteiger partial charge >= 0.3 is 6.18 Å². The molecular weight excluding hydrogens is 449 g/mol. The summed E-state index contributed by atoms with van der Waals surface area (Å²) in [5.41, 5.74) is 4.67. The van der Waals surface area contributed by atoms with Crippen molar-refractivity contribution in [3.8, 4) is 5.75 Å². The van der Waals surface area contributed by atoms with Crippen LogP contribution in [-0.4, -0.2) is 36.5 Å². The number of para-hydroxylation sites is 2. The zero-order valence-corrected chi connectivity index (χ0v) is 18.1. The third-order valence-corrected chi connectivity index (χ3v) is 5.76. The minimum Gasteiger partial charge on any atom is -0.481 e. The van der Waals surface area contributed by atoms with Crippen molar-refractivity contribution in [3.05, 3.63) is 60.2 Å². The molecule has 2 amide bonds. The number of benzene rings is 2. The predicted molar refractivity (Wildman–Crippen MR) is 121 cm³/mol. The quantitative estimate of drug-likeness (QED) is 0.566. The molecule has 3 aromatic rings. The van der Waals surface area contributed by atoms with Crippen LogP contribution in [0.5, 0.6) is 5.75 Å². The van der Waals surface area contributed by atoms with Crippen LogP contribution < -0.4 is 20.7 Å². The van der Waals surface area contributed by atoms with Crippen LogP contribution in [0.15, 0.2) is 54.6 Å². The summed E-state index contributed by atoms with van der Waals surface area (Å²) in [4.78, 5) is 30.5. The van der Waals surface area contributed by atoms with Gasteiger partial charge in [0.05, 0.1) is 11.3 Å². The van der Waals surface area contributed by atoms with Crippen LogP contribution in [0.1, 0.15) is 18.4 Å². The molecule has 0 spiro atoms. The maximum Gasteiger partial charge on any atom is 0.418 e. The summed E-state index contributed by atoms with van der Waals surface area (Å²) in [7, 11) is 0. The minimum atomic E-state index is -4.59. The van der Waals surface area contributed by atoms with E-state index < -0.39 is 24.3 Å². The van der Waals surface area contributed by atoms with E-state index in [2.05, 4.69) is 15.2 Å². The van der Waals surface area contributed by atoms with Crippen molar-refractivity contribution in [2.24, 2.45) is 11.7 Å². The highest BCUT2D eigenvalue weighted by Crippen LogP contribution is 2.34. The van der Waals surface area contributed by atoms with E-state index in [1.54, 1.807) is 12.1 Å². The number of rotatable bonds is 6. The van der Waals surface area contributed by atoms with E-state index in [1.807, 2.05) is 18.2 Å². The van der Waals surface area contributed by atoms with Crippen LogP contribution >= 0.6 is 0 Å². The van der Waals surface area contributed by atoms with Gasteiger partial charge in [-0.05, 0) is 43.2 Å². The molecule has 0 bridgehead atoms. The topological polar surface area (TPSA) is 97.5 Å². The molecule has 0 radical (unpaired) electrons. The molecule has 1 aliphatic rings. The number of anilines is 2. The number of nitrogens with two attached hydrogens (primary N) is 1. The van der Waals surface area contributed by atoms with Crippen LogP contribution in [-0.2, 0) is 15.8 Å². The van der Waals surface area contributed by atoms with Crippen molar-refractivity contribution in [2.45, 2.75) is 19.0 Å². The highest BCUT2D eigenvalue weighted by molar-refractivity contribution is 5.93. The maximum atomic E-state index is 13.2. The number of amides is 2. The molecule has 1 fully saturated rings. The lowest BCUT2D eigenvalue weighted by atomic mass is 9.96. The van der Waals surface area contributed by atoms with Gasteiger partial charge in [0.15, 0.2) is 6.61 Å². The van der Waals surface area contributed by atoms with Gasteiger partial charge in [-0.15, -0.1) is 0 Å². The number of nitrogens with zero attached hydrogens (tertiary/aromatic N) is 2. The number of aromatic nitrogens is 1. The Morgan fingerprint density at radius 1 is 1.06 bits per heavy atom. The fraction of sp³-hybridized carbons (Fsp3) is 0.292. The third kappa shape index (κ3) is 5.22. The SMILES string of the molecule is NC(=O)C1CCN(c2ccc3cccc(OCC(=O)Nc4ccccc4C(F)(F)F)c3n2)CC1. The molecule has 7 nitrogen and oxygen atoms in total. The summed E-state index contributed by atoms with van der Waals surface area (Å²) in [6.45, 7) is 0.785. The van der Waals surface area contributed by atoms with Crippen molar-refractivity contribution in [1.29, 1.82) is 0 Å². The summed E-state index contributed by atoms with van der Waals surface area (Å²) < 4.78 is 45.1. The summed E-state index contributed by atoms with van der Waals surface area (Å²) in [5.74, 6) is -0.117. The molecule has 4 rings (SSSR count). The van der Waals surface area contributed by atoms with Gasteiger partial charge in [0.25, 0.3) is 5.91 Å². The average molecular weight is 472 g/mol. The molecule has 178 valence electrons. The van der Waals surface area contributed by atoms with Gasteiger partial charge in [0.2, 0.25) is 5.91 Å². The Balaban J connectivity index is 1.47. The summed E-state index contributed by atoms with van der Waals surface area (Å²) >= 11 is 0. The second-order valence-electron chi connectivity index (χ2n) is 8.04. The van der Waals surface area contributed by atoms with Crippen molar-refractivity contribution >= 4 is 34.2 Å².